The van der Waals surface area contributed by atoms with Gasteiger partial charge in [0.15, 0.2) is 0 Å². The second-order valence-electron chi connectivity index (χ2n) is 7.26. The van der Waals surface area contributed by atoms with Crippen LogP contribution in [-0.4, -0.2) is 53.8 Å². The molecule has 0 spiro atoms. The van der Waals surface area contributed by atoms with Crippen LogP contribution in [0.3, 0.4) is 0 Å². The van der Waals surface area contributed by atoms with E-state index < -0.39 is 0 Å². The molecule has 0 saturated carbocycles. The van der Waals surface area contributed by atoms with Crippen molar-refractivity contribution in [3.8, 4) is 0 Å². The Morgan fingerprint density at radius 1 is 1.00 bits per heavy atom. The molecular weight excluding hydrogens is 246 g/mol. The predicted molar refractivity (Wildman–Crippen MR) is 81.6 cm³/mol. The highest BCUT2D eigenvalue weighted by Gasteiger charge is 2.54. The Balaban J connectivity index is 1.88. The lowest BCUT2D eigenvalue weighted by molar-refractivity contribution is -0.172. The molecule has 0 radical (unpaired) electrons. The fourth-order valence-corrected chi connectivity index (χ4v) is 4.79. The molecule has 3 heteroatoms. The minimum atomic E-state index is 0.301. The van der Waals surface area contributed by atoms with Crippen LogP contribution in [0.15, 0.2) is 12.1 Å². The molecule has 4 fully saturated rings. The molecule has 4 saturated heterocycles. The van der Waals surface area contributed by atoms with Crippen molar-refractivity contribution in [1.29, 1.82) is 0 Å². The molecule has 20 heavy (non-hydrogen) atoms. The normalized spacial score (nSPS) is 42.2. The van der Waals surface area contributed by atoms with Crippen LogP contribution in [0.4, 0.5) is 0 Å². The first-order valence-corrected chi connectivity index (χ1v) is 7.77. The molecule has 0 amide bonds. The Morgan fingerprint density at radius 3 is 2.30 bits per heavy atom. The number of nitrogens with zero attached hydrogens (tertiary/aromatic N) is 3. The van der Waals surface area contributed by atoms with Crippen molar-refractivity contribution in [3.63, 3.8) is 0 Å². The number of hydrogen-bond donors (Lipinski definition) is 0. The molecule has 0 aliphatic carbocycles. The Labute approximate surface area is 122 Å². The molecule has 4 heterocycles. The van der Waals surface area contributed by atoms with E-state index in [9.17, 15) is 0 Å². The Hall–Kier alpha value is -0.900. The van der Waals surface area contributed by atoms with E-state index in [-0.39, 0.29) is 0 Å². The highest BCUT2D eigenvalue weighted by molar-refractivity contribution is 5.44. The first kappa shape index (κ1) is 12.8. The molecule has 3 nitrogen and oxygen atoms in total. The summed E-state index contributed by atoms with van der Waals surface area (Å²) in [7, 11) is 0. The van der Waals surface area contributed by atoms with Crippen LogP contribution < -0.4 is 0 Å². The number of rotatable bonds is 1. The third-order valence-corrected chi connectivity index (χ3v) is 5.87. The van der Waals surface area contributed by atoms with Crippen LogP contribution in [0, 0.1) is 20.8 Å². The summed E-state index contributed by atoms with van der Waals surface area (Å²) in [6.07, 6.45) is 0. The third kappa shape index (κ3) is 1.57. The van der Waals surface area contributed by atoms with Crippen LogP contribution in [-0.2, 0) is 5.41 Å². The number of hydrogen-bond acceptors (Lipinski definition) is 3. The van der Waals surface area contributed by atoms with Crippen LogP contribution in [0.5, 0.6) is 0 Å². The molecule has 1 aromatic carbocycles. The lowest BCUT2D eigenvalue weighted by Gasteiger charge is -2.64. The highest BCUT2D eigenvalue weighted by atomic mass is 15.5. The molecule has 4 aliphatic rings. The molecule has 0 N–H and O–H groups in total. The summed E-state index contributed by atoms with van der Waals surface area (Å²) in [6.45, 7) is 15.2. The van der Waals surface area contributed by atoms with Gasteiger partial charge in [-0.05, 0) is 44.4 Å². The molecule has 4 bridgehead atoms. The average molecular weight is 271 g/mol. The second kappa shape index (κ2) is 4.06. The summed E-state index contributed by atoms with van der Waals surface area (Å²) in [5.41, 5.74) is 6.26. The minimum Gasteiger partial charge on any atom is -0.276 e. The van der Waals surface area contributed by atoms with Crippen molar-refractivity contribution in [1.82, 2.24) is 14.7 Å². The summed E-state index contributed by atoms with van der Waals surface area (Å²) < 4.78 is 0. The van der Waals surface area contributed by atoms with Crippen LogP contribution in [0.2, 0.25) is 0 Å². The fraction of sp³-hybridized carbons (Fsp3) is 0.647. The summed E-state index contributed by atoms with van der Waals surface area (Å²) in [6, 6.07) is 5.43. The van der Waals surface area contributed by atoms with E-state index in [1.807, 2.05) is 0 Å². The molecule has 0 aromatic heterocycles. The van der Waals surface area contributed by atoms with Crippen molar-refractivity contribution in [3.05, 3.63) is 34.4 Å². The van der Waals surface area contributed by atoms with E-state index in [0.29, 0.717) is 11.5 Å². The van der Waals surface area contributed by atoms with E-state index in [1.165, 1.54) is 29.8 Å². The van der Waals surface area contributed by atoms with E-state index >= 15 is 0 Å². The zero-order valence-electron chi connectivity index (χ0n) is 13.1. The standard InChI is InChI=1S/C17H25N3/c1-12-5-13(2)14(3)16(6-12)17-7-18-9-19(8-17)11-20(10-18)15(17)4/h5-6,15H,7-11H2,1-4H3/t15-/m1/s1. The Morgan fingerprint density at radius 2 is 1.65 bits per heavy atom. The zero-order chi connectivity index (χ0) is 14.1. The number of aryl methyl sites for hydroxylation is 2. The SMILES string of the molecule is Cc1cc(C)c(C)c(C23CN4CN(CN(C4)[C@@H]2C)C3)c1. The van der Waals surface area contributed by atoms with Gasteiger partial charge in [-0.1, -0.05) is 17.7 Å². The summed E-state index contributed by atoms with van der Waals surface area (Å²) in [4.78, 5) is 7.88. The molecule has 3 atom stereocenters. The topological polar surface area (TPSA) is 9.72 Å². The lowest BCUT2D eigenvalue weighted by atomic mass is 9.67. The molecule has 108 valence electrons. The summed E-state index contributed by atoms with van der Waals surface area (Å²) >= 11 is 0. The monoisotopic (exact) mass is 271 g/mol. The minimum absolute atomic E-state index is 0.301. The van der Waals surface area contributed by atoms with Gasteiger partial charge in [0.2, 0.25) is 0 Å². The molecule has 4 aliphatic heterocycles. The highest BCUT2D eigenvalue weighted by Crippen LogP contribution is 2.44. The maximum atomic E-state index is 2.65. The molecule has 2 unspecified atom stereocenters. The van der Waals surface area contributed by atoms with Gasteiger partial charge in [0.1, 0.15) is 0 Å². The van der Waals surface area contributed by atoms with Crippen molar-refractivity contribution < 1.29 is 0 Å². The van der Waals surface area contributed by atoms with Gasteiger partial charge in [-0.3, -0.25) is 14.7 Å². The van der Waals surface area contributed by atoms with Crippen LogP contribution in [0.25, 0.3) is 0 Å². The fourth-order valence-electron chi connectivity index (χ4n) is 4.79. The van der Waals surface area contributed by atoms with E-state index in [2.05, 4.69) is 54.5 Å². The van der Waals surface area contributed by atoms with Gasteiger partial charge in [-0.2, -0.15) is 0 Å². The van der Waals surface area contributed by atoms with Gasteiger partial charge in [0, 0.05) is 24.5 Å². The summed E-state index contributed by atoms with van der Waals surface area (Å²) in [5.74, 6) is 0. The van der Waals surface area contributed by atoms with E-state index in [1.54, 1.807) is 5.56 Å². The Bertz CT molecular complexity index is 552. The van der Waals surface area contributed by atoms with E-state index in [0.717, 1.165) is 20.0 Å². The first-order chi connectivity index (χ1) is 9.49. The maximum Gasteiger partial charge on any atom is 0.0533 e. The Kier molecular flexibility index (Phi) is 2.60. The van der Waals surface area contributed by atoms with Crippen LogP contribution >= 0.6 is 0 Å². The maximum absolute atomic E-state index is 2.65. The summed E-state index contributed by atoms with van der Waals surface area (Å²) in [5, 5.41) is 0. The average Bonchev–Trinajstić information content (AvgIpc) is 2.39. The smallest absolute Gasteiger partial charge is 0.0533 e. The van der Waals surface area contributed by atoms with Gasteiger partial charge in [0.25, 0.3) is 0 Å². The lowest BCUT2D eigenvalue weighted by Crippen LogP contribution is -2.77. The quantitative estimate of drug-likeness (QED) is 0.774. The third-order valence-electron chi connectivity index (χ3n) is 5.87. The first-order valence-electron chi connectivity index (χ1n) is 7.77. The van der Waals surface area contributed by atoms with Gasteiger partial charge in [-0.15, -0.1) is 0 Å². The van der Waals surface area contributed by atoms with Crippen molar-refractivity contribution in [2.45, 2.75) is 39.2 Å². The molecule has 5 rings (SSSR count). The number of benzene rings is 1. The zero-order valence-corrected chi connectivity index (χ0v) is 13.1. The predicted octanol–water partition coefficient (Wildman–Crippen LogP) is 2.06. The van der Waals surface area contributed by atoms with Crippen molar-refractivity contribution >= 4 is 0 Å². The molecule has 1 aromatic rings. The largest absolute Gasteiger partial charge is 0.276 e. The van der Waals surface area contributed by atoms with Gasteiger partial charge < -0.3 is 0 Å². The second-order valence-corrected chi connectivity index (χ2v) is 7.26. The van der Waals surface area contributed by atoms with Gasteiger partial charge >= 0.3 is 0 Å². The van der Waals surface area contributed by atoms with Crippen molar-refractivity contribution in [2.24, 2.45) is 0 Å². The van der Waals surface area contributed by atoms with Gasteiger partial charge in [0.05, 0.1) is 20.0 Å². The van der Waals surface area contributed by atoms with Crippen molar-refractivity contribution in [2.75, 3.05) is 33.1 Å². The van der Waals surface area contributed by atoms with E-state index in [4.69, 9.17) is 0 Å². The molecular formula is C17H25N3. The van der Waals surface area contributed by atoms with Gasteiger partial charge in [-0.25, -0.2) is 0 Å². The van der Waals surface area contributed by atoms with Crippen LogP contribution in [0.1, 0.15) is 29.2 Å².